The molecule has 254 valence electrons. The molecule has 0 aliphatic heterocycles. The van der Waals surface area contributed by atoms with Crippen molar-refractivity contribution in [1.82, 2.24) is 29.8 Å². The van der Waals surface area contributed by atoms with Crippen molar-refractivity contribution in [2.75, 3.05) is 6.61 Å². The molecule has 2 aromatic heterocycles. The molecule has 0 atom stereocenters. The van der Waals surface area contributed by atoms with Gasteiger partial charge in [0, 0.05) is 5.56 Å². The van der Waals surface area contributed by atoms with Gasteiger partial charge in [-0.05, 0) is 62.9 Å². The van der Waals surface area contributed by atoms with Crippen molar-refractivity contribution >= 4 is 17.5 Å². The number of ether oxygens (including phenoxy) is 2. The van der Waals surface area contributed by atoms with Gasteiger partial charge in [0.1, 0.15) is 11.1 Å². The van der Waals surface area contributed by atoms with Gasteiger partial charge in [-0.3, -0.25) is 9.36 Å². The summed E-state index contributed by atoms with van der Waals surface area (Å²) in [5, 5.41) is 13.4. The molecule has 9 nitrogen and oxygen atoms in total. The van der Waals surface area contributed by atoms with Crippen LogP contribution in [0, 0.1) is 0 Å². The molecule has 0 aliphatic carbocycles. The van der Waals surface area contributed by atoms with Crippen LogP contribution in [-0.2, 0) is 16.8 Å². The average Bonchev–Trinajstić information content (AvgIpc) is 3.89. The number of carbonyl (C=O) groups is 1. The lowest BCUT2D eigenvalue weighted by atomic mass is 9.77. The molecule has 52 heavy (non-hydrogen) atoms. The molecular weight excluding hydrogens is 649 g/mol. The molecular formula is C43H34N6O3. The summed E-state index contributed by atoms with van der Waals surface area (Å²) < 4.78 is 69.8. The largest absolute Gasteiger partial charge is 0.465 e. The topological polar surface area (TPSA) is 97.0 Å². The van der Waals surface area contributed by atoms with Crippen LogP contribution < -0.4 is 9.47 Å². The predicted molar refractivity (Wildman–Crippen MR) is 200 cm³/mol. The van der Waals surface area contributed by atoms with Gasteiger partial charge in [0.2, 0.25) is 0 Å². The lowest BCUT2D eigenvalue weighted by Crippen LogP contribution is -2.39. The normalized spacial score (nSPS) is 13.3. The second-order valence-electron chi connectivity index (χ2n) is 11.6. The van der Waals surface area contributed by atoms with Gasteiger partial charge in [-0.1, -0.05) is 145 Å². The molecule has 0 spiro atoms. The summed E-state index contributed by atoms with van der Waals surface area (Å²) in [5.41, 5.74) is 1.73. The van der Waals surface area contributed by atoms with E-state index in [1.807, 2.05) is 91.0 Å². The van der Waals surface area contributed by atoms with E-state index in [0.717, 1.165) is 21.3 Å². The van der Waals surface area contributed by atoms with Crippen LogP contribution in [0.15, 0.2) is 158 Å². The van der Waals surface area contributed by atoms with Gasteiger partial charge in [-0.15, -0.1) is 5.10 Å². The molecule has 8 rings (SSSR count). The molecule has 0 unspecified atom stereocenters. The maximum atomic E-state index is 11.5. The molecule has 0 saturated heterocycles. The Hall–Kier alpha value is -6.87. The van der Waals surface area contributed by atoms with Crippen molar-refractivity contribution in [3.63, 3.8) is 0 Å². The minimum atomic E-state index is -2.80. The average molecular weight is 689 g/mol. The number of fused-ring (bicyclic) bond motifs is 1. The van der Waals surface area contributed by atoms with Crippen LogP contribution >= 0.6 is 0 Å². The highest BCUT2D eigenvalue weighted by Crippen LogP contribution is 2.43. The molecule has 9 heteroatoms. The lowest BCUT2D eigenvalue weighted by Gasteiger charge is -2.36. The highest BCUT2D eigenvalue weighted by Gasteiger charge is 2.42. The number of hydrogen-bond acceptors (Lipinski definition) is 7. The van der Waals surface area contributed by atoms with Crippen molar-refractivity contribution in [3.8, 4) is 34.3 Å². The third-order valence-corrected chi connectivity index (χ3v) is 8.71. The second kappa shape index (κ2) is 14.2. The summed E-state index contributed by atoms with van der Waals surface area (Å²) in [5.74, 6) is 0.239. The Kier molecular flexibility index (Phi) is 7.08. The Bertz CT molecular complexity index is 2660. The van der Waals surface area contributed by atoms with E-state index < -0.39 is 41.8 Å². The van der Waals surface area contributed by atoms with Crippen LogP contribution in [0.4, 0.5) is 0 Å². The number of hydrogen-bond donors (Lipinski definition) is 0. The number of para-hydroxylation sites is 1. The van der Waals surface area contributed by atoms with E-state index in [9.17, 15) is 13.0 Å². The zero-order valence-electron chi connectivity index (χ0n) is 33.9. The van der Waals surface area contributed by atoms with Gasteiger partial charge >= 0.3 is 0 Å². The Labute approximate surface area is 309 Å². The van der Waals surface area contributed by atoms with Crippen LogP contribution in [-0.4, -0.2) is 42.8 Å². The number of aromatic nitrogens is 6. The molecule has 6 aromatic carbocycles. The van der Waals surface area contributed by atoms with Gasteiger partial charge in [-0.25, -0.2) is 4.68 Å². The first-order chi connectivity index (χ1) is 28.2. The first-order valence-electron chi connectivity index (χ1n) is 19.6. The van der Waals surface area contributed by atoms with Gasteiger partial charge in [-0.2, -0.15) is 4.98 Å². The van der Waals surface area contributed by atoms with E-state index >= 15 is 0 Å². The molecule has 0 aliphatic rings. The standard InChI is InChI=1S/C43H34N6O3/c1-2-51-42-44-38-23-14-24-39(52-30-50)40(38)48(42)29-31-25-27-32(28-26-31)36-21-12-13-22-37(36)41-45-46-47-49(41)43(33-15-6-3-7-16-33,34-17-8-4-9-18-34)35-19-10-5-11-20-35/h3-28,30H,2,29H2,1H3/i25D,26D,27D,28D,29D2. The summed E-state index contributed by atoms with van der Waals surface area (Å²) in [7, 11) is 0. The fraction of sp³-hybridized carbons (Fsp3) is 0.0930. The molecule has 0 amide bonds. The SMILES string of the molecule is [2H]c1c([2H])c(C([2H])([2H])n2c(OCC)nc3cccc(OC=O)c32)c([2H])c([2H])c1-c1ccccc1-c1nnnn1C(c1ccccc1)(c1ccccc1)c1ccccc1. The molecule has 2 heterocycles. The van der Waals surface area contributed by atoms with Gasteiger partial charge in [0.05, 0.1) is 26.8 Å². The third-order valence-electron chi connectivity index (χ3n) is 8.71. The molecule has 0 saturated carbocycles. The monoisotopic (exact) mass is 688 g/mol. The smallest absolute Gasteiger partial charge is 0.298 e. The van der Waals surface area contributed by atoms with E-state index in [4.69, 9.17) is 9.47 Å². The molecule has 0 bridgehead atoms. The van der Waals surface area contributed by atoms with Gasteiger partial charge in [0.25, 0.3) is 12.5 Å². The minimum absolute atomic E-state index is 0.0277. The summed E-state index contributed by atoms with van der Waals surface area (Å²) in [6, 6.07) is 38.5. The zero-order valence-corrected chi connectivity index (χ0v) is 27.9. The first-order valence-corrected chi connectivity index (χ1v) is 16.6. The molecule has 0 fully saturated rings. The van der Waals surface area contributed by atoms with Crippen molar-refractivity contribution in [2.45, 2.75) is 19.0 Å². The summed E-state index contributed by atoms with van der Waals surface area (Å²) in [6.45, 7) is -0.828. The highest BCUT2D eigenvalue weighted by molar-refractivity contribution is 5.85. The third kappa shape index (κ3) is 5.68. The second-order valence-corrected chi connectivity index (χ2v) is 11.6. The van der Waals surface area contributed by atoms with Crippen molar-refractivity contribution in [2.24, 2.45) is 0 Å². The molecule has 0 N–H and O–H groups in total. The maximum absolute atomic E-state index is 11.5. The van der Waals surface area contributed by atoms with Crippen LogP contribution in [0.1, 0.15) is 37.4 Å². The summed E-state index contributed by atoms with van der Waals surface area (Å²) >= 11 is 0. The van der Waals surface area contributed by atoms with Gasteiger partial charge in [0.15, 0.2) is 11.6 Å². The quantitative estimate of drug-likeness (QED) is 0.0944. The first kappa shape index (κ1) is 26.0. The van der Waals surface area contributed by atoms with Crippen LogP contribution in [0.2, 0.25) is 0 Å². The molecule has 8 aromatic rings. The summed E-state index contributed by atoms with van der Waals surface area (Å²) in [4.78, 5) is 15.9. The highest BCUT2D eigenvalue weighted by atomic mass is 16.5. The van der Waals surface area contributed by atoms with Crippen LogP contribution in [0.3, 0.4) is 0 Å². The van der Waals surface area contributed by atoms with Crippen LogP contribution in [0.25, 0.3) is 33.5 Å². The summed E-state index contributed by atoms with van der Waals surface area (Å²) in [6.07, 6.45) is 0. The lowest BCUT2D eigenvalue weighted by molar-refractivity contribution is -0.120. The zero-order chi connectivity index (χ0) is 40.6. The van der Waals surface area contributed by atoms with E-state index in [1.165, 1.54) is 6.07 Å². The number of benzene rings is 6. The molecule has 0 radical (unpaired) electrons. The number of imidazole rings is 1. The van der Waals surface area contributed by atoms with Crippen molar-refractivity contribution in [3.05, 3.63) is 180 Å². The Morgan fingerprint density at radius 1 is 0.750 bits per heavy atom. The van der Waals surface area contributed by atoms with E-state index in [0.29, 0.717) is 5.56 Å². The fourth-order valence-electron chi connectivity index (χ4n) is 6.55. The van der Waals surface area contributed by atoms with E-state index in [1.54, 1.807) is 48.0 Å². The predicted octanol–water partition coefficient (Wildman–Crippen LogP) is 8.18. The number of rotatable bonds is 12. The number of nitrogens with zero attached hydrogens (tertiary/aromatic N) is 6. The van der Waals surface area contributed by atoms with Gasteiger partial charge < -0.3 is 9.47 Å². The Balaban J connectivity index is 1.36. The Morgan fingerprint density at radius 2 is 1.35 bits per heavy atom. The fourth-order valence-corrected chi connectivity index (χ4v) is 6.55. The van der Waals surface area contributed by atoms with E-state index in [2.05, 4.69) is 20.5 Å². The van der Waals surface area contributed by atoms with E-state index in [-0.39, 0.29) is 52.8 Å². The van der Waals surface area contributed by atoms with Crippen molar-refractivity contribution in [1.29, 1.82) is 0 Å². The number of carbonyl (C=O) groups excluding carboxylic acids is 1. The van der Waals surface area contributed by atoms with Crippen molar-refractivity contribution < 1.29 is 22.5 Å². The minimum Gasteiger partial charge on any atom is -0.465 e. The number of tetrazole rings is 1. The Morgan fingerprint density at radius 3 is 1.94 bits per heavy atom. The van der Waals surface area contributed by atoms with Crippen LogP contribution in [0.5, 0.6) is 11.8 Å². The maximum Gasteiger partial charge on any atom is 0.298 e.